The van der Waals surface area contributed by atoms with E-state index in [-0.39, 0.29) is 12.1 Å². The molecule has 2 aliphatic rings. The summed E-state index contributed by atoms with van der Waals surface area (Å²) in [5.41, 5.74) is 0. The molecule has 4 nitrogen and oxygen atoms in total. The minimum atomic E-state index is -0.551. The van der Waals surface area contributed by atoms with Crippen molar-refractivity contribution in [3.8, 4) is 0 Å². The largest absolute Gasteiger partial charge is 0.463 e. The van der Waals surface area contributed by atoms with Gasteiger partial charge in [0.2, 0.25) is 0 Å². The molecule has 0 radical (unpaired) electrons. The number of esters is 1. The lowest BCUT2D eigenvalue weighted by Crippen LogP contribution is -2.32. The molecule has 0 saturated carbocycles. The first-order valence-corrected chi connectivity index (χ1v) is 4.15. The van der Waals surface area contributed by atoms with E-state index >= 15 is 0 Å². The van der Waals surface area contributed by atoms with Crippen LogP contribution in [0.25, 0.3) is 0 Å². The quantitative estimate of drug-likeness (QED) is 0.498. The molecule has 0 aromatic rings. The molecule has 2 saturated heterocycles. The molecule has 12 heavy (non-hydrogen) atoms. The van der Waals surface area contributed by atoms with Gasteiger partial charge in [0.1, 0.15) is 12.7 Å². The van der Waals surface area contributed by atoms with E-state index in [1.807, 2.05) is 6.92 Å². The summed E-state index contributed by atoms with van der Waals surface area (Å²) in [4.78, 5) is 11.0. The van der Waals surface area contributed by atoms with Gasteiger partial charge in [-0.25, -0.2) is 0 Å². The molecule has 0 aromatic heterocycles. The summed E-state index contributed by atoms with van der Waals surface area (Å²) in [7, 11) is 0. The summed E-state index contributed by atoms with van der Waals surface area (Å²) in [6, 6.07) is 0. The van der Waals surface area contributed by atoms with Gasteiger partial charge in [-0.1, -0.05) is 0 Å². The predicted octanol–water partition coefficient (Wildman–Crippen LogP) is 0.455. The highest BCUT2D eigenvalue weighted by Crippen LogP contribution is 2.29. The van der Waals surface area contributed by atoms with Gasteiger partial charge in [0.25, 0.3) is 0 Å². The zero-order chi connectivity index (χ0) is 8.60. The molecule has 2 heterocycles. The Bertz CT molecular complexity index is 203. The molecular weight excluding hydrogens is 160 g/mol. The van der Waals surface area contributed by atoms with E-state index in [9.17, 15) is 4.79 Å². The highest BCUT2D eigenvalue weighted by Gasteiger charge is 2.39. The Morgan fingerprint density at radius 2 is 2.33 bits per heavy atom. The van der Waals surface area contributed by atoms with Crippen LogP contribution in [0.3, 0.4) is 0 Å². The molecule has 4 heteroatoms. The van der Waals surface area contributed by atoms with Crippen LogP contribution in [0.4, 0.5) is 0 Å². The number of ether oxygens (including phenoxy) is 3. The molecule has 0 aliphatic carbocycles. The fourth-order valence-electron chi connectivity index (χ4n) is 1.49. The van der Waals surface area contributed by atoms with Crippen LogP contribution in [0.1, 0.15) is 19.8 Å². The second-order valence-electron chi connectivity index (χ2n) is 3.37. The van der Waals surface area contributed by atoms with Gasteiger partial charge in [-0.3, -0.25) is 4.79 Å². The number of cyclic esters (lactones) is 1. The fraction of sp³-hybridized carbons (Fsp3) is 0.875. The first-order valence-electron chi connectivity index (χ1n) is 4.15. The van der Waals surface area contributed by atoms with Gasteiger partial charge >= 0.3 is 5.97 Å². The van der Waals surface area contributed by atoms with E-state index in [1.165, 1.54) is 0 Å². The standard InChI is InChI=1S/C8H12O4/c1-8-3-2-7(9)10-4-6(12-8)5-11-8/h6H,2-5H2,1H3. The summed E-state index contributed by atoms with van der Waals surface area (Å²) in [5, 5.41) is 0. The maximum atomic E-state index is 11.0. The Balaban J connectivity index is 2.07. The molecule has 2 fully saturated rings. The molecule has 0 spiro atoms. The molecule has 0 N–H and O–H groups in total. The highest BCUT2D eigenvalue weighted by atomic mass is 16.8. The minimum absolute atomic E-state index is 0.0701. The van der Waals surface area contributed by atoms with Gasteiger partial charge in [-0.2, -0.15) is 0 Å². The average molecular weight is 172 g/mol. The van der Waals surface area contributed by atoms with Gasteiger partial charge in [0.05, 0.1) is 13.0 Å². The van der Waals surface area contributed by atoms with E-state index in [0.717, 1.165) is 0 Å². The molecule has 2 aliphatic heterocycles. The third kappa shape index (κ3) is 1.44. The molecule has 2 rings (SSSR count). The number of hydrogen-bond acceptors (Lipinski definition) is 4. The first kappa shape index (κ1) is 8.01. The van der Waals surface area contributed by atoms with Gasteiger partial charge in [-0.15, -0.1) is 0 Å². The Labute approximate surface area is 70.8 Å². The number of rotatable bonds is 0. The first-order chi connectivity index (χ1) is 5.68. The second kappa shape index (κ2) is 2.71. The smallest absolute Gasteiger partial charge is 0.306 e. The predicted molar refractivity (Wildman–Crippen MR) is 39.4 cm³/mol. The maximum absolute atomic E-state index is 11.0. The molecule has 2 unspecified atom stereocenters. The van der Waals surface area contributed by atoms with Gasteiger partial charge < -0.3 is 14.2 Å². The summed E-state index contributed by atoms with van der Waals surface area (Å²) in [6.07, 6.45) is 0.894. The molecule has 2 bridgehead atoms. The molecule has 0 amide bonds. The Kier molecular flexibility index (Phi) is 1.81. The van der Waals surface area contributed by atoms with Crippen molar-refractivity contribution in [1.82, 2.24) is 0 Å². The maximum Gasteiger partial charge on any atom is 0.306 e. The van der Waals surface area contributed by atoms with Crippen molar-refractivity contribution in [2.45, 2.75) is 31.7 Å². The average Bonchev–Trinajstić information content (AvgIpc) is 2.41. The van der Waals surface area contributed by atoms with Crippen molar-refractivity contribution in [3.63, 3.8) is 0 Å². The van der Waals surface area contributed by atoms with E-state index in [2.05, 4.69) is 0 Å². The van der Waals surface area contributed by atoms with Gasteiger partial charge in [-0.05, 0) is 6.92 Å². The van der Waals surface area contributed by atoms with E-state index in [1.54, 1.807) is 0 Å². The summed E-state index contributed by atoms with van der Waals surface area (Å²) < 4.78 is 15.9. The van der Waals surface area contributed by atoms with Gasteiger partial charge in [0, 0.05) is 6.42 Å². The van der Waals surface area contributed by atoms with Crippen LogP contribution in [0.15, 0.2) is 0 Å². The number of hydrogen-bond donors (Lipinski definition) is 0. The molecule has 68 valence electrons. The fourth-order valence-corrected chi connectivity index (χ4v) is 1.49. The van der Waals surface area contributed by atoms with Crippen molar-refractivity contribution < 1.29 is 19.0 Å². The molecule has 2 atom stereocenters. The minimum Gasteiger partial charge on any atom is -0.463 e. The molecule has 0 aromatic carbocycles. The van der Waals surface area contributed by atoms with Crippen LogP contribution in [0.2, 0.25) is 0 Å². The van der Waals surface area contributed by atoms with E-state index in [4.69, 9.17) is 14.2 Å². The zero-order valence-electron chi connectivity index (χ0n) is 7.04. The van der Waals surface area contributed by atoms with Crippen molar-refractivity contribution >= 4 is 5.97 Å². The van der Waals surface area contributed by atoms with Crippen LogP contribution in [-0.2, 0) is 19.0 Å². The number of fused-ring (bicyclic) bond motifs is 2. The number of carbonyl (C=O) groups is 1. The third-order valence-corrected chi connectivity index (χ3v) is 2.20. The van der Waals surface area contributed by atoms with Crippen LogP contribution >= 0.6 is 0 Å². The molecular formula is C8H12O4. The van der Waals surface area contributed by atoms with Crippen molar-refractivity contribution in [2.24, 2.45) is 0 Å². The Morgan fingerprint density at radius 3 is 3.17 bits per heavy atom. The van der Waals surface area contributed by atoms with Crippen molar-refractivity contribution in [2.75, 3.05) is 13.2 Å². The van der Waals surface area contributed by atoms with Gasteiger partial charge in [0.15, 0.2) is 5.79 Å². The lowest BCUT2D eigenvalue weighted by Gasteiger charge is -2.24. The summed E-state index contributed by atoms with van der Waals surface area (Å²) in [6.45, 7) is 2.73. The SMILES string of the molecule is CC12CCC(=O)OCC(CO1)O2. The van der Waals surface area contributed by atoms with Crippen molar-refractivity contribution in [1.29, 1.82) is 0 Å². The lowest BCUT2D eigenvalue weighted by atomic mass is 10.1. The Hall–Kier alpha value is -0.610. The second-order valence-corrected chi connectivity index (χ2v) is 3.37. The van der Waals surface area contributed by atoms with Crippen LogP contribution < -0.4 is 0 Å². The highest BCUT2D eigenvalue weighted by molar-refractivity contribution is 5.69. The lowest BCUT2D eigenvalue weighted by molar-refractivity contribution is -0.184. The topological polar surface area (TPSA) is 44.8 Å². The summed E-state index contributed by atoms with van der Waals surface area (Å²) in [5.74, 6) is -0.704. The van der Waals surface area contributed by atoms with Crippen LogP contribution in [0.5, 0.6) is 0 Å². The summed E-state index contributed by atoms with van der Waals surface area (Å²) >= 11 is 0. The normalized spacial score (nSPS) is 41.8. The number of carbonyl (C=O) groups excluding carboxylic acids is 1. The Morgan fingerprint density at radius 1 is 1.50 bits per heavy atom. The monoisotopic (exact) mass is 172 g/mol. The van der Waals surface area contributed by atoms with Crippen molar-refractivity contribution in [3.05, 3.63) is 0 Å². The third-order valence-electron chi connectivity index (χ3n) is 2.20. The van der Waals surface area contributed by atoms with E-state index < -0.39 is 5.79 Å². The zero-order valence-corrected chi connectivity index (χ0v) is 7.04. The van der Waals surface area contributed by atoms with Crippen LogP contribution in [0, 0.1) is 0 Å². The van der Waals surface area contributed by atoms with Crippen LogP contribution in [-0.4, -0.2) is 31.1 Å². The van der Waals surface area contributed by atoms with E-state index in [0.29, 0.717) is 26.1 Å².